The number of aryl methyl sites for hydroxylation is 1. The molecule has 1 N–H and O–H groups in total. The van der Waals surface area contributed by atoms with Crippen LogP contribution in [0.4, 0.5) is 0 Å². The van der Waals surface area contributed by atoms with E-state index in [1.807, 2.05) is 30.3 Å². The van der Waals surface area contributed by atoms with Gasteiger partial charge in [0.05, 0.1) is 5.69 Å². The number of nitrogens with one attached hydrogen (secondary N) is 1. The Bertz CT molecular complexity index is 870. The van der Waals surface area contributed by atoms with Gasteiger partial charge in [-0.25, -0.2) is 9.67 Å². The maximum atomic E-state index is 11.8. The maximum absolute atomic E-state index is 11.8. The zero-order valence-corrected chi connectivity index (χ0v) is 11.2. The third-order valence-electron chi connectivity index (χ3n) is 3.14. The first-order chi connectivity index (χ1) is 10.2. The van der Waals surface area contributed by atoms with E-state index in [0.717, 1.165) is 11.3 Å². The number of pyridine rings is 1. The predicted molar refractivity (Wildman–Crippen MR) is 76.9 cm³/mol. The summed E-state index contributed by atoms with van der Waals surface area (Å²) in [5.41, 5.74) is 2.76. The van der Waals surface area contributed by atoms with Crippen molar-refractivity contribution in [3.8, 4) is 22.9 Å². The minimum atomic E-state index is -0.368. The van der Waals surface area contributed by atoms with Gasteiger partial charge in [-0.2, -0.15) is 10.4 Å². The van der Waals surface area contributed by atoms with E-state index in [1.54, 1.807) is 24.0 Å². The standard InChI is InChI=1S/C15H11N5O/c1-10-6-13(14(7-16)15(21)19-10)11-2-4-12(5-3-11)20-9-17-8-18-20/h2-6,8-9H,1H3,(H,19,21). The smallest absolute Gasteiger partial charge is 0.266 e. The lowest BCUT2D eigenvalue weighted by atomic mass is 10.0. The molecule has 0 saturated carbocycles. The van der Waals surface area contributed by atoms with Crippen molar-refractivity contribution in [1.29, 1.82) is 5.26 Å². The number of benzene rings is 1. The molecule has 0 fully saturated rings. The molecule has 0 bridgehead atoms. The number of rotatable bonds is 2. The lowest BCUT2D eigenvalue weighted by Gasteiger charge is -2.07. The Kier molecular flexibility index (Phi) is 3.09. The molecule has 0 spiro atoms. The Balaban J connectivity index is 2.10. The quantitative estimate of drug-likeness (QED) is 0.773. The molecule has 0 atom stereocenters. The number of hydrogen-bond acceptors (Lipinski definition) is 4. The van der Waals surface area contributed by atoms with E-state index in [4.69, 9.17) is 5.26 Å². The number of hydrogen-bond donors (Lipinski definition) is 1. The minimum Gasteiger partial charge on any atom is -0.325 e. The molecule has 0 aliphatic rings. The number of nitrogens with zero attached hydrogens (tertiary/aromatic N) is 4. The van der Waals surface area contributed by atoms with Crippen molar-refractivity contribution in [3.05, 3.63) is 64.6 Å². The number of aromatic amines is 1. The van der Waals surface area contributed by atoms with Crippen LogP contribution < -0.4 is 5.56 Å². The van der Waals surface area contributed by atoms with E-state index < -0.39 is 0 Å². The van der Waals surface area contributed by atoms with E-state index in [1.165, 1.54) is 6.33 Å². The summed E-state index contributed by atoms with van der Waals surface area (Å²) in [6, 6.07) is 11.2. The molecule has 6 heteroatoms. The molecule has 102 valence electrons. The lowest BCUT2D eigenvalue weighted by Crippen LogP contribution is -2.12. The van der Waals surface area contributed by atoms with Gasteiger partial charge in [0.2, 0.25) is 0 Å². The highest BCUT2D eigenvalue weighted by Crippen LogP contribution is 2.23. The van der Waals surface area contributed by atoms with Crippen molar-refractivity contribution in [2.24, 2.45) is 0 Å². The monoisotopic (exact) mass is 277 g/mol. The summed E-state index contributed by atoms with van der Waals surface area (Å²) in [5.74, 6) is 0. The highest BCUT2D eigenvalue weighted by molar-refractivity contribution is 5.71. The Morgan fingerprint density at radius 3 is 2.67 bits per heavy atom. The van der Waals surface area contributed by atoms with Crippen LogP contribution in [0.3, 0.4) is 0 Å². The molecule has 6 nitrogen and oxygen atoms in total. The molecule has 0 aliphatic heterocycles. The van der Waals surface area contributed by atoms with E-state index in [-0.39, 0.29) is 11.1 Å². The number of H-pyrrole nitrogens is 1. The molecule has 0 saturated heterocycles. The summed E-state index contributed by atoms with van der Waals surface area (Å²) in [5, 5.41) is 13.2. The van der Waals surface area contributed by atoms with Crippen LogP contribution in [-0.4, -0.2) is 19.7 Å². The van der Waals surface area contributed by atoms with Gasteiger partial charge in [0, 0.05) is 11.3 Å². The first-order valence-electron chi connectivity index (χ1n) is 6.28. The second kappa shape index (κ2) is 5.06. The summed E-state index contributed by atoms with van der Waals surface area (Å²) < 4.78 is 1.64. The highest BCUT2D eigenvalue weighted by atomic mass is 16.1. The fraction of sp³-hybridized carbons (Fsp3) is 0.0667. The van der Waals surface area contributed by atoms with E-state index in [0.29, 0.717) is 11.3 Å². The van der Waals surface area contributed by atoms with Gasteiger partial charge in [-0.1, -0.05) is 12.1 Å². The molecule has 2 heterocycles. The zero-order valence-electron chi connectivity index (χ0n) is 11.2. The van der Waals surface area contributed by atoms with Crippen molar-refractivity contribution in [2.45, 2.75) is 6.92 Å². The summed E-state index contributed by atoms with van der Waals surface area (Å²) >= 11 is 0. The normalized spacial score (nSPS) is 10.3. The Morgan fingerprint density at radius 2 is 2.05 bits per heavy atom. The van der Waals surface area contributed by atoms with E-state index in [9.17, 15) is 4.79 Å². The van der Waals surface area contributed by atoms with Gasteiger partial charge in [-0.15, -0.1) is 0 Å². The molecule has 21 heavy (non-hydrogen) atoms. The molecule has 0 unspecified atom stereocenters. The van der Waals surface area contributed by atoms with Crippen LogP contribution in [0.25, 0.3) is 16.8 Å². The van der Waals surface area contributed by atoms with Gasteiger partial charge < -0.3 is 4.98 Å². The molecule has 3 rings (SSSR count). The van der Waals surface area contributed by atoms with Gasteiger partial charge in [-0.05, 0) is 30.7 Å². The molecule has 0 radical (unpaired) electrons. The summed E-state index contributed by atoms with van der Waals surface area (Å²) in [6.45, 7) is 1.79. The number of nitriles is 1. The summed E-state index contributed by atoms with van der Waals surface area (Å²) in [6.07, 6.45) is 3.06. The van der Waals surface area contributed by atoms with Crippen molar-refractivity contribution >= 4 is 0 Å². The van der Waals surface area contributed by atoms with Gasteiger partial charge in [-0.3, -0.25) is 4.79 Å². The predicted octanol–water partition coefficient (Wildman–Crippen LogP) is 1.80. The number of aromatic nitrogens is 4. The average Bonchev–Trinajstić information content (AvgIpc) is 3.01. The molecule has 0 aliphatic carbocycles. The summed E-state index contributed by atoms with van der Waals surface area (Å²) in [7, 11) is 0. The largest absolute Gasteiger partial charge is 0.325 e. The molecular formula is C15H11N5O. The van der Waals surface area contributed by atoms with Crippen LogP contribution in [0.1, 0.15) is 11.3 Å². The Labute approximate surface area is 120 Å². The van der Waals surface area contributed by atoms with Crippen LogP contribution >= 0.6 is 0 Å². The first kappa shape index (κ1) is 12.8. The SMILES string of the molecule is Cc1cc(-c2ccc(-n3cncn3)cc2)c(C#N)c(=O)[nH]1. The molecule has 1 aromatic carbocycles. The molecule has 0 amide bonds. The van der Waals surface area contributed by atoms with Crippen molar-refractivity contribution in [1.82, 2.24) is 19.7 Å². The molecule has 3 aromatic rings. The van der Waals surface area contributed by atoms with Gasteiger partial charge in [0.25, 0.3) is 5.56 Å². The van der Waals surface area contributed by atoms with Crippen LogP contribution in [0.15, 0.2) is 47.8 Å². The zero-order chi connectivity index (χ0) is 14.8. The van der Waals surface area contributed by atoms with E-state index >= 15 is 0 Å². The molecule has 2 aromatic heterocycles. The van der Waals surface area contributed by atoms with Gasteiger partial charge >= 0.3 is 0 Å². The van der Waals surface area contributed by atoms with Crippen LogP contribution in [-0.2, 0) is 0 Å². The average molecular weight is 277 g/mol. The lowest BCUT2D eigenvalue weighted by molar-refractivity contribution is 0.879. The third kappa shape index (κ3) is 2.32. The van der Waals surface area contributed by atoms with Crippen molar-refractivity contribution in [2.75, 3.05) is 0 Å². The second-order valence-corrected chi connectivity index (χ2v) is 4.57. The highest BCUT2D eigenvalue weighted by Gasteiger charge is 2.10. The first-order valence-corrected chi connectivity index (χ1v) is 6.28. The topological polar surface area (TPSA) is 87.4 Å². The second-order valence-electron chi connectivity index (χ2n) is 4.57. The van der Waals surface area contributed by atoms with Crippen molar-refractivity contribution in [3.63, 3.8) is 0 Å². The van der Waals surface area contributed by atoms with Crippen LogP contribution in [0.2, 0.25) is 0 Å². The summed E-state index contributed by atoms with van der Waals surface area (Å²) in [4.78, 5) is 18.3. The van der Waals surface area contributed by atoms with Gasteiger partial charge in [0.1, 0.15) is 24.3 Å². The van der Waals surface area contributed by atoms with Crippen LogP contribution in [0.5, 0.6) is 0 Å². The minimum absolute atomic E-state index is 0.120. The van der Waals surface area contributed by atoms with Gasteiger partial charge in [0.15, 0.2) is 0 Å². The maximum Gasteiger partial charge on any atom is 0.266 e. The molecular weight excluding hydrogens is 266 g/mol. The fourth-order valence-electron chi connectivity index (χ4n) is 2.16. The Hall–Kier alpha value is -3.20. The van der Waals surface area contributed by atoms with Crippen LogP contribution in [0, 0.1) is 18.3 Å². The fourth-order valence-corrected chi connectivity index (χ4v) is 2.16. The van der Waals surface area contributed by atoms with E-state index in [2.05, 4.69) is 15.1 Å². The Morgan fingerprint density at radius 1 is 1.29 bits per heavy atom. The third-order valence-corrected chi connectivity index (χ3v) is 3.14. The van der Waals surface area contributed by atoms with Crippen molar-refractivity contribution < 1.29 is 0 Å².